The summed E-state index contributed by atoms with van der Waals surface area (Å²) < 4.78 is 4.77. The molecule has 0 spiro atoms. The fraction of sp³-hybridized carbons (Fsp3) is 0.818. The smallest absolute Gasteiger partial charge is 0.305 e. The number of rotatable bonds is 9. The summed E-state index contributed by atoms with van der Waals surface area (Å²) in [5.74, 6) is 0.185. The van der Waals surface area contributed by atoms with Crippen molar-refractivity contribution in [1.29, 1.82) is 0 Å². The molecule has 0 saturated carbocycles. The molecule has 1 atom stereocenters. The molecule has 0 aromatic carbocycles. The molecule has 17 heavy (non-hydrogen) atoms. The highest BCUT2D eigenvalue weighted by atomic mass is 32.2. The maximum absolute atomic E-state index is 11.3. The molecule has 6 heteroatoms. The van der Waals surface area contributed by atoms with Crippen LogP contribution in [0.5, 0.6) is 0 Å². The van der Waals surface area contributed by atoms with Gasteiger partial charge in [-0.3, -0.25) is 9.59 Å². The van der Waals surface area contributed by atoms with Crippen molar-refractivity contribution in [2.75, 3.05) is 25.4 Å². The van der Waals surface area contributed by atoms with E-state index in [1.54, 1.807) is 6.92 Å². The van der Waals surface area contributed by atoms with Gasteiger partial charge in [-0.1, -0.05) is 6.92 Å². The van der Waals surface area contributed by atoms with E-state index in [0.29, 0.717) is 43.5 Å². The van der Waals surface area contributed by atoms with E-state index in [-0.39, 0.29) is 11.9 Å². The molecule has 0 saturated heterocycles. The van der Waals surface area contributed by atoms with Crippen LogP contribution < -0.4 is 11.1 Å². The number of amides is 1. The lowest BCUT2D eigenvalue weighted by atomic mass is 10.3. The van der Waals surface area contributed by atoms with Crippen molar-refractivity contribution in [3.05, 3.63) is 0 Å². The quantitative estimate of drug-likeness (QED) is 0.468. The zero-order valence-corrected chi connectivity index (χ0v) is 11.3. The third kappa shape index (κ3) is 10.1. The molecule has 0 aliphatic heterocycles. The maximum Gasteiger partial charge on any atom is 0.305 e. The van der Waals surface area contributed by atoms with Crippen molar-refractivity contribution < 1.29 is 14.3 Å². The van der Waals surface area contributed by atoms with Crippen LogP contribution in [0.1, 0.15) is 26.7 Å². The van der Waals surface area contributed by atoms with Gasteiger partial charge in [0.2, 0.25) is 5.91 Å². The monoisotopic (exact) mass is 262 g/mol. The second kappa shape index (κ2) is 10.4. The number of hydrogen-bond acceptors (Lipinski definition) is 5. The number of carbonyl (C=O) groups excluding carboxylic acids is 2. The Bertz CT molecular complexity index is 237. The summed E-state index contributed by atoms with van der Waals surface area (Å²) in [7, 11) is 0. The van der Waals surface area contributed by atoms with E-state index in [4.69, 9.17) is 10.5 Å². The Morgan fingerprint density at radius 2 is 2.18 bits per heavy atom. The standard InChI is InChI=1S/C11H22N2O3S/c1-3-16-11(15)5-4-6-13-10(14)8-17-9(2)7-12/h9H,3-8,12H2,1-2H3,(H,13,14). The van der Waals surface area contributed by atoms with Crippen LogP contribution in [-0.4, -0.2) is 42.6 Å². The van der Waals surface area contributed by atoms with Gasteiger partial charge >= 0.3 is 5.97 Å². The van der Waals surface area contributed by atoms with Crippen molar-refractivity contribution in [1.82, 2.24) is 5.32 Å². The third-order valence-corrected chi connectivity index (χ3v) is 3.21. The highest BCUT2D eigenvalue weighted by Crippen LogP contribution is 2.07. The van der Waals surface area contributed by atoms with Gasteiger partial charge in [0.1, 0.15) is 0 Å². The fourth-order valence-corrected chi connectivity index (χ4v) is 1.70. The number of hydrogen-bond donors (Lipinski definition) is 2. The molecule has 5 nitrogen and oxygen atoms in total. The van der Waals surface area contributed by atoms with Crippen molar-refractivity contribution in [3.8, 4) is 0 Å². The molecule has 3 N–H and O–H groups in total. The van der Waals surface area contributed by atoms with E-state index < -0.39 is 0 Å². The number of thioether (sulfide) groups is 1. The van der Waals surface area contributed by atoms with E-state index in [9.17, 15) is 9.59 Å². The normalized spacial score (nSPS) is 11.9. The van der Waals surface area contributed by atoms with Crippen LogP contribution in [0.2, 0.25) is 0 Å². The van der Waals surface area contributed by atoms with E-state index in [1.165, 1.54) is 11.8 Å². The Balaban J connectivity index is 3.42. The van der Waals surface area contributed by atoms with Gasteiger partial charge in [0.25, 0.3) is 0 Å². The molecular weight excluding hydrogens is 240 g/mol. The van der Waals surface area contributed by atoms with E-state index in [0.717, 1.165) is 0 Å². The molecule has 0 aliphatic carbocycles. The van der Waals surface area contributed by atoms with Crippen LogP contribution in [0.4, 0.5) is 0 Å². The van der Waals surface area contributed by atoms with Crippen LogP contribution in [-0.2, 0) is 14.3 Å². The van der Waals surface area contributed by atoms with Gasteiger partial charge in [-0.25, -0.2) is 0 Å². The maximum atomic E-state index is 11.3. The van der Waals surface area contributed by atoms with Crippen LogP contribution in [0.15, 0.2) is 0 Å². The molecular formula is C11H22N2O3S. The van der Waals surface area contributed by atoms with Gasteiger partial charge in [0.15, 0.2) is 0 Å². The van der Waals surface area contributed by atoms with Gasteiger partial charge in [0, 0.05) is 24.8 Å². The van der Waals surface area contributed by atoms with Crippen LogP contribution >= 0.6 is 11.8 Å². The Labute approximate surface area is 107 Å². The van der Waals surface area contributed by atoms with Crippen LogP contribution in [0, 0.1) is 0 Å². The topological polar surface area (TPSA) is 81.4 Å². The fourth-order valence-electron chi connectivity index (χ4n) is 1.03. The molecule has 0 fully saturated rings. The lowest BCUT2D eigenvalue weighted by Gasteiger charge is -2.08. The number of carbonyl (C=O) groups is 2. The Hall–Kier alpha value is -0.750. The molecule has 0 aliphatic rings. The van der Waals surface area contributed by atoms with Crippen LogP contribution in [0.25, 0.3) is 0 Å². The van der Waals surface area contributed by atoms with E-state index in [2.05, 4.69) is 5.32 Å². The van der Waals surface area contributed by atoms with Gasteiger partial charge in [-0.15, -0.1) is 11.8 Å². The van der Waals surface area contributed by atoms with Crippen molar-refractivity contribution in [2.24, 2.45) is 5.73 Å². The zero-order chi connectivity index (χ0) is 13.1. The number of esters is 1. The molecule has 0 heterocycles. The molecule has 0 radical (unpaired) electrons. The Morgan fingerprint density at radius 3 is 2.76 bits per heavy atom. The average Bonchev–Trinajstić information content (AvgIpc) is 2.32. The Morgan fingerprint density at radius 1 is 1.47 bits per heavy atom. The minimum absolute atomic E-state index is 0.0147. The lowest BCUT2D eigenvalue weighted by Crippen LogP contribution is -2.28. The SMILES string of the molecule is CCOC(=O)CCCNC(=O)CSC(C)CN. The first-order chi connectivity index (χ1) is 8.10. The van der Waals surface area contributed by atoms with Crippen molar-refractivity contribution >= 4 is 23.6 Å². The first kappa shape index (κ1) is 16.2. The second-order valence-corrected chi connectivity index (χ2v) is 5.04. The van der Waals surface area contributed by atoms with Crippen LogP contribution in [0.3, 0.4) is 0 Å². The van der Waals surface area contributed by atoms with Gasteiger partial charge in [-0.05, 0) is 13.3 Å². The Kier molecular flexibility index (Phi) is 9.95. The lowest BCUT2D eigenvalue weighted by molar-refractivity contribution is -0.143. The van der Waals surface area contributed by atoms with Gasteiger partial charge < -0.3 is 15.8 Å². The molecule has 0 aromatic rings. The third-order valence-electron chi connectivity index (χ3n) is 2.02. The first-order valence-corrected chi connectivity index (χ1v) is 6.89. The summed E-state index contributed by atoms with van der Waals surface area (Å²) in [6, 6.07) is 0. The number of nitrogens with one attached hydrogen (secondary N) is 1. The number of nitrogens with two attached hydrogens (primary N) is 1. The van der Waals surface area contributed by atoms with Crippen molar-refractivity contribution in [2.45, 2.75) is 31.9 Å². The molecule has 0 aromatic heterocycles. The summed E-state index contributed by atoms with van der Waals surface area (Å²) >= 11 is 1.53. The summed E-state index contributed by atoms with van der Waals surface area (Å²) in [5, 5.41) is 3.04. The average molecular weight is 262 g/mol. The minimum Gasteiger partial charge on any atom is -0.466 e. The minimum atomic E-state index is -0.215. The van der Waals surface area contributed by atoms with Crippen molar-refractivity contribution in [3.63, 3.8) is 0 Å². The first-order valence-electron chi connectivity index (χ1n) is 5.84. The summed E-state index contributed by atoms with van der Waals surface area (Å²) in [4.78, 5) is 22.3. The molecule has 0 rings (SSSR count). The number of ether oxygens (including phenoxy) is 1. The predicted octanol–water partition coefficient (Wildman–Crippen LogP) is 0.526. The largest absolute Gasteiger partial charge is 0.466 e. The summed E-state index contributed by atoms with van der Waals surface area (Å²) in [5.41, 5.74) is 5.44. The highest BCUT2D eigenvalue weighted by molar-refractivity contribution is 8.00. The van der Waals surface area contributed by atoms with Gasteiger partial charge in [0.05, 0.1) is 12.4 Å². The van der Waals surface area contributed by atoms with E-state index in [1.807, 2.05) is 6.92 Å². The molecule has 100 valence electrons. The molecule has 1 amide bonds. The van der Waals surface area contributed by atoms with Gasteiger partial charge in [-0.2, -0.15) is 0 Å². The summed E-state index contributed by atoms with van der Waals surface area (Å²) in [6.07, 6.45) is 0.960. The zero-order valence-electron chi connectivity index (χ0n) is 10.5. The molecule has 0 bridgehead atoms. The second-order valence-electron chi connectivity index (χ2n) is 3.62. The van der Waals surface area contributed by atoms with E-state index >= 15 is 0 Å². The predicted molar refractivity (Wildman–Crippen MR) is 69.9 cm³/mol. The summed E-state index contributed by atoms with van der Waals surface area (Å²) in [6.45, 7) is 5.24. The highest BCUT2D eigenvalue weighted by Gasteiger charge is 2.06. The molecule has 1 unspecified atom stereocenters.